The maximum atomic E-state index is 12.2. The molecule has 7 heteroatoms. The SMILES string of the molecule is CCNc1nnc(S[C@@H](C)C(=O)NC2CCCCC2)s1. The molecular weight excluding hydrogens is 292 g/mol. The maximum absolute atomic E-state index is 12.2. The topological polar surface area (TPSA) is 66.9 Å². The van der Waals surface area contributed by atoms with E-state index in [-0.39, 0.29) is 11.2 Å². The van der Waals surface area contributed by atoms with Crippen molar-refractivity contribution in [1.29, 1.82) is 0 Å². The van der Waals surface area contributed by atoms with Crippen LogP contribution in [0.3, 0.4) is 0 Å². The second kappa shape index (κ2) is 7.83. The normalized spacial score (nSPS) is 17.7. The van der Waals surface area contributed by atoms with Gasteiger partial charge in [-0.2, -0.15) is 0 Å². The summed E-state index contributed by atoms with van der Waals surface area (Å²) in [6, 6.07) is 0.367. The van der Waals surface area contributed by atoms with Crippen molar-refractivity contribution >= 4 is 34.1 Å². The molecule has 20 heavy (non-hydrogen) atoms. The number of anilines is 1. The van der Waals surface area contributed by atoms with E-state index in [0.717, 1.165) is 28.9 Å². The summed E-state index contributed by atoms with van der Waals surface area (Å²) in [5, 5.41) is 15.1. The van der Waals surface area contributed by atoms with E-state index in [1.165, 1.54) is 42.4 Å². The van der Waals surface area contributed by atoms with Gasteiger partial charge in [-0.05, 0) is 26.7 Å². The molecule has 1 fully saturated rings. The molecular formula is C13H22N4OS2. The van der Waals surface area contributed by atoms with Crippen LogP contribution < -0.4 is 10.6 Å². The fourth-order valence-electron chi connectivity index (χ4n) is 2.25. The summed E-state index contributed by atoms with van der Waals surface area (Å²) in [4.78, 5) is 12.2. The van der Waals surface area contributed by atoms with E-state index in [1.807, 2.05) is 13.8 Å². The van der Waals surface area contributed by atoms with E-state index >= 15 is 0 Å². The van der Waals surface area contributed by atoms with Crippen molar-refractivity contribution in [2.45, 2.75) is 61.6 Å². The van der Waals surface area contributed by atoms with Crippen LogP contribution in [-0.2, 0) is 4.79 Å². The van der Waals surface area contributed by atoms with Crippen molar-refractivity contribution in [2.24, 2.45) is 0 Å². The van der Waals surface area contributed by atoms with Crippen LogP contribution in [0.1, 0.15) is 46.0 Å². The Morgan fingerprint density at radius 1 is 1.40 bits per heavy atom. The number of nitrogens with zero attached hydrogens (tertiary/aromatic N) is 2. The average molecular weight is 314 g/mol. The van der Waals surface area contributed by atoms with Crippen molar-refractivity contribution in [3.63, 3.8) is 0 Å². The highest BCUT2D eigenvalue weighted by molar-refractivity contribution is 8.02. The Balaban J connectivity index is 1.80. The lowest BCUT2D eigenvalue weighted by Crippen LogP contribution is -2.40. The zero-order valence-electron chi connectivity index (χ0n) is 12.0. The summed E-state index contributed by atoms with van der Waals surface area (Å²) < 4.78 is 0.840. The number of hydrogen-bond donors (Lipinski definition) is 2. The molecule has 0 unspecified atom stereocenters. The van der Waals surface area contributed by atoms with E-state index in [4.69, 9.17) is 0 Å². The van der Waals surface area contributed by atoms with Gasteiger partial charge in [0, 0.05) is 12.6 Å². The maximum Gasteiger partial charge on any atom is 0.233 e. The molecule has 1 heterocycles. The van der Waals surface area contributed by atoms with Gasteiger partial charge in [-0.3, -0.25) is 4.79 Å². The predicted molar refractivity (Wildman–Crippen MR) is 84.4 cm³/mol. The lowest BCUT2D eigenvalue weighted by molar-refractivity contribution is -0.121. The van der Waals surface area contributed by atoms with Gasteiger partial charge in [0.15, 0.2) is 4.34 Å². The Labute approximate surface area is 128 Å². The quantitative estimate of drug-likeness (QED) is 0.790. The Morgan fingerprint density at radius 3 is 2.85 bits per heavy atom. The highest BCUT2D eigenvalue weighted by Gasteiger charge is 2.21. The van der Waals surface area contributed by atoms with Gasteiger partial charge in [0.25, 0.3) is 0 Å². The van der Waals surface area contributed by atoms with Gasteiger partial charge < -0.3 is 10.6 Å². The van der Waals surface area contributed by atoms with Crippen LogP contribution in [0, 0.1) is 0 Å². The highest BCUT2D eigenvalue weighted by atomic mass is 32.2. The zero-order valence-corrected chi connectivity index (χ0v) is 13.6. The van der Waals surface area contributed by atoms with Gasteiger partial charge in [-0.15, -0.1) is 10.2 Å². The minimum atomic E-state index is -0.126. The average Bonchev–Trinajstić information content (AvgIpc) is 2.87. The summed E-state index contributed by atoms with van der Waals surface area (Å²) in [7, 11) is 0. The van der Waals surface area contributed by atoms with Gasteiger partial charge in [-0.1, -0.05) is 42.4 Å². The smallest absolute Gasteiger partial charge is 0.233 e. The molecule has 5 nitrogen and oxygen atoms in total. The Kier molecular flexibility index (Phi) is 6.09. The van der Waals surface area contributed by atoms with E-state index < -0.39 is 0 Å². The van der Waals surface area contributed by atoms with E-state index in [1.54, 1.807) is 0 Å². The number of thioether (sulfide) groups is 1. The molecule has 0 aliphatic heterocycles. The number of nitrogens with one attached hydrogen (secondary N) is 2. The van der Waals surface area contributed by atoms with Gasteiger partial charge in [-0.25, -0.2) is 0 Å². The molecule has 1 amide bonds. The van der Waals surface area contributed by atoms with Crippen molar-refractivity contribution in [2.75, 3.05) is 11.9 Å². The summed E-state index contributed by atoms with van der Waals surface area (Å²) in [6.07, 6.45) is 6.00. The molecule has 1 aromatic heterocycles. The van der Waals surface area contributed by atoms with Gasteiger partial charge in [0.1, 0.15) is 0 Å². The lowest BCUT2D eigenvalue weighted by Gasteiger charge is -2.24. The third kappa shape index (κ3) is 4.63. The second-order valence-electron chi connectivity index (χ2n) is 5.01. The van der Waals surface area contributed by atoms with Crippen LogP contribution in [0.15, 0.2) is 4.34 Å². The minimum Gasteiger partial charge on any atom is -0.360 e. The van der Waals surface area contributed by atoms with E-state index in [2.05, 4.69) is 20.8 Å². The van der Waals surface area contributed by atoms with Crippen LogP contribution in [-0.4, -0.2) is 33.9 Å². The molecule has 2 rings (SSSR count). The van der Waals surface area contributed by atoms with E-state index in [9.17, 15) is 4.79 Å². The number of aromatic nitrogens is 2. The number of carbonyl (C=O) groups is 1. The molecule has 1 saturated carbocycles. The summed E-state index contributed by atoms with van der Waals surface area (Å²) in [5.74, 6) is 0.113. The Morgan fingerprint density at radius 2 is 2.15 bits per heavy atom. The van der Waals surface area contributed by atoms with Crippen molar-refractivity contribution < 1.29 is 4.79 Å². The van der Waals surface area contributed by atoms with Crippen LogP contribution in [0.4, 0.5) is 5.13 Å². The van der Waals surface area contributed by atoms with Gasteiger partial charge in [0.2, 0.25) is 11.0 Å². The molecule has 0 aromatic carbocycles. The molecule has 2 N–H and O–H groups in total. The number of hydrogen-bond acceptors (Lipinski definition) is 6. The summed E-state index contributed by atoms with van der Waals surface area (Å²) in [6.45, 7) is 4.78. The molecule has 0 saturated heterocycles. The van der Waals surface area contributed by atoms with Gasteiger partial charge >= 0.3 is 0 Å². The third-order valence-corrected chi connectivity index (χ3v) is 5.40. The van der Waals surface area contributed by atoms with Crippen LogP contribution in [0.2, 0.25) is 0 Å². The Hall–Kier alpha value is -0.820. The van der Waals surface area contributed by atoms with Crippen molar-refractivity contribution in [1.82, 2.24) is 15.5 Å². The highest BCUT2D eigenvalue weighted by Crippen LogP contribution is 2.29. The van der Waals surface area contributed by atoms with Crippen LogP contribution in [0.5, 0.6) is 0 Å². The summed E-state index contributed by atoms with van der Waals surface area (Å²) in [5.41, 5.74) is 0. The molecule has 1 aliphatic carbocycles. The fourth-order valence-corrected chi connectivity index (χ4v) is 4.22. The molecule has 1 aromatic rings. The summed E-state index contributed by atoms with van der Waals surface area (Å²) >= 11 is 2.98. The molecule has 112 valence electrons. The third-order valence-electron chi connectivity index (χ3n) is 3.33. The molecule has 1 aliphatic rings. The molecule has 1 atom stereocenters. The first-order valence-corrected chi connectivity index (χ1v) is 8.93. The largest absolute Gasteiger partial charge is 0.360 e. The number of rotatable bonds is 6. The predicted octanol–water partition coefficient (Wildman–Crippen LogP) is 2.90. The molecule has 0 spiro atoms. The minimum absolute atomic E-state index is 0.113. The standard InChI is InChI=1S/C13H22N4OS2/c1-3-14-12-16-17-13(20-12)19-9(2)11(18)15-10-7-5-4-6-8-10/h9-10H,3-8H2,1-2H3,(H,14,16)(H,15,18)/t9-/m0/s1. The van der Waals surface area contributed by atoms with Crippen LogP contribution >= 0.6 is 23.1 Å². The lowest BCUT2D eigenvalue weighted by atomic mass is 9.95. The van der Waals surface area contributed by atoms with Crippen molar-refractivity contribution in [3.05, 3.63) is 0 Å². The molecule has 0 bridgehead atoms. The van der Waals surface area contributed by atoms with E-state index in [0.29, 0.717) is 6.04 Å². The van der Waals surface area contributed by atoms with Crippen molar-refractivity contribution in [3.8, 4) is 0 Å². The first kappa shape index (κ1) is 15.6. The molecule has 0 radical (unpaired) electrons. The van der Waals surface area contributed by atoms with Gasteiger partial charge in [0.05, 0.1) is 5.25 Å². The number of carbonyl (C=O) groups excluding carboxylic acids is 1. The fraction of sp³-hybridized carbons (Fsp3) is 0.769. The second-order valence-corrected chi connectivity index (χ2v) is 7.57. The number of amides is 1. The zero-order chi connectivity index (χ0) is 14.4. The Bertz CT molecular complexity index is 432. The first-order valence-electron chi connectivity index (χ1n) is 7.23. The first-order chi connectivity index (χ1) is 9.69. The monoisotopic (exact) mass is 314 g/mol. The van der Waals surface area contributed by atoms with Crippen LogP contribution in [0.25, 0.3) is 0 Å².